The molecule has 1 heterocycles. The Morgan fingerprint density at radius 2 is 1.96 bits per heavy atom. The van der Waals surface area contributed by atoms with Gasteiger partial charge in [-0.1, -0.05) is 30.3 Å². The van der Waals surface area contributed by atoms with Crippen LogP contribution in [0.2, 0.25) is 0 Å². The number of methoxy groups -OCH3 is 1. The number of para-hydroxylation sites is 2. The Morgan fingerprint density at radius 3 is 2.71 bits per heavy atom. The lowest BCUT2D eigenvalue weighted by molar-refractivity contribution is 0.0951. The Labute approximate surface area is 150 Å². The van der Waals surface area contributed by atoms with Gasteiger partial charge in [-0.15, -0.1) is 23.7 Å². The van der Waals surface area contributed by atoms with Crippen LogP contribution in [0.1, 0.15) is 21.4 Å². The summed E-state index contributed by atoms with van der Waals surface area (Å²) in [6.07, 6.45) is 0. The molecular weight excluding hydrogens is 346 g/mol. The van der Waals surface area contributed by atoms with E-state index in [1.165, 1.54) is 11.3 Å². The van der Waals surface area contributed by atoms with Crippen LogP contribution < -0.4 is 15.8 Å². The number of aromatic nitrogens is 1. The number of amides is 1. The van der Waals surface area contributed by atoms with E-state index in [0.29, 0.717) is 17.3 Å². The van der Waals surface area contributed by atoms with Crippen LogP contribution >= 0.6 is 23.7 Å². The first-order chi connectivity index (χ1) is 11.2. The number of hydrogen-bond donors (Lipinski definition) is 2. The van der Waals surface area contributed by atoms with Crippen LogP contribution in [0, 0.1) is 0 Å². The van der Waals surface area contributed by atoms with Gasteiger partial charge in [-0.2, -0.15) is 0 Å². The van der Waals surface area contributed by atoms with Crippen LogP contribution in [0.3, 0.4) is 0 Å². The van der Waals surface area contributed by atoms with E-state index < -0.39 is 0 Å². The monoisotopic (exact) mass is 363 g/mol. The number of hydrogen-bond acceptors (Lipinski definition) is 5. The van der Waals surface area contributed by atoms with Crippen molar-refractivity contribution >= 4 is 39.9 Å². The molecule has 3 N–H and O–H groups in total. The largest absolute Gasteiger partial charge is 0.496 e. The lowest BCUT2D eigenvalue weighted by Crippen LogP contribution is -2.32. The number of fused-ring (bicyclic) bond motifs is 1. The van der Waals surface area contributed by atoms with Crippen molar-refractivity contribution in [2.75, 3.05) is 13.7 Å². The maximum Gasteiger partial charge on any atom is 0.280 e. The second kappa shape index (κ2) is 8.10. The second-order valence-corrected chi connectivity index (χ2v) is 6.08. The summed E-state index contributed by atoms with van der Waals surface area (Å²) in [5.41, 5.74) is 7.85. The van der Waals surface area contributed by atoms with E-state index in [4.69, 9.17) is 10.5 Å². The number of ether oxygens (including phenoxy) is 1. The molecule has 1 unspecified atom stereocenters. The van der Waals surface area contributed by atoms with Crippen LogP contribution in [0.5, 0.6) is 5.75 Å². The summed E-state index contributed by atoms with van der Waals surface area (Å²) in [5.74, 6) is 0.505. The third kappa shape index (κ3) is 3.84. The van der Waals surface area contributed by atoms with Crippen molar-refractivity contribution in [1.82, 2.24) is 10.3 Å². The first-order valence-corrected chi connectivity index (χ1v) is 8.03. The molecule has 3 aromatic rings. The van der Waals surface area contributed by atoms with Crippen molar-refractivity contribution < 1.29 is 9.53 Å². The van der Waals surface area contributed by atoms with Gasteiger partial charge in [-0.3, -0.25) is 4.79 Å². The standard InChI is InChI=1S/C17H17N3O2S.ClH/c1-22-14-8-4-2-6-11(14)12(18)10-19-16(21)17-20-13-7-3-5-9-15(13)23-17;/h2-9,12H,10,18H2,1H3,(H,19,21);1H. The predicted molar refractivity (Wildman–Crippen MR) is 99.1 cm³/mol. The normalized spacial score (nSPS) is 11.6. The van der Waals surface area contributed by atoms with Crippen LogP contribution in [0.4, 0.5) is 0 Å². The Bertz CT molecular complexity index is 804. The fourth-order valence-electron chi connectivity index (χ4n) is 2.33. The number of nitrogens with one attached hydrogen (secondary N) is 1. The number of halogens is 1. The van der Waals surface area contributed by atoms with Crippen molar-refractivity contribution in [3.05, 3.63) is 59.1 Å². The summed E-state index contributed by atoms with van der Waals surface area (Å²) in [6, 6.07) is 14.9. The highest BCUT2D eigenvalue weighted by molar-refractivity contribution is 7.20. The number of carbonyl (C=O) groups is 1. The average molecular weight is 364 g/mol. The highest BCUT2D eigenvalue weighted by Crippen LogP contribution is 2.23. The van der Waals surface area contributed by atoms with Gasteiger partial charge in [-0.05, 0) is 18.2 Å². The molecule has 0 aliphatic rings. The molecule has 0 aliphatic carbocycles. The molecule has 0 radical (unpaired) electrons. The third-order valence-electron chi connectivity index (χ3n) is 3.51. The van der Waals surface area contributed by atoms with E-state index in [-0.39, 0.29) is 24.4 Å². The summed E-state index contributed by atoms with van der Waals surface area (Å²) in [4.78, 5) is 16.6. The summed E-state index contributed by atoms with van der Waals surface area (Å²) in [5, 5.41) is 3.28. The molecule has 0 saturated carbocycles. The van der Waals surface area contributed by atoms with Crippen LogP contribution in [0.25, 0.3) is 10.2 Å². The molecule has 5 nitrogen and oxygen atoms in total. The van der Waals surface area contributed by atoms with Crippen molar-refractivity contribution in [2.45, 2.75) is 6.04 Å². The topological polar surface area (TPSA) is 77.2 Å². The van der Waals surface area contributed by atoms with E-state index in [0.717, 1.165) is 15.8 Å². The molecule has 7 heteroatoms. The molecule has 0 fully saturated rings. The van der Waals surface area contributed by atoms with Crippen molar-refractivity contribution in [2.24, 2.45) is 5.73 Å². The molecule has 1 aromatic heterocycles. The van der Waals surface area contributed by atoms with Crippen molar-refractivity contribution in [3.63, 3.8) is 0 Å². The lowest BCUT2D eigenvalue weighted by Gasteiger charge is -2.15. The smallest absolute Gasteiger partial charge is 0.280 e. The molecule has 126 valence electrons. The van der Waals surface area contributed by atoms with E-state index in [2.05, 4.69) is 10.3 Å². The first-order valence-electron chi connectivity index (χ1n) is 7.21. The van der Waals surface area contributed by atoms with Gasteiger partial charge in [0.15, 0.2) is 5.01 Å². The quantitative estimate of drug-likeness (QED) is 0.730. The minimum atomic E-state index is -0.343. The Morgan fingerprint density at radius 1 is 1.25 bits per heavy atom. The number of carbonyl (C=O) groups excluding carboxylic acids is 1. The fraction of sp³-hybridized carbons (Fsp3) is 0.176. The highest BCUT2D eigenvalue weighted by atomic mass is 35.5. The van der Waals surface area contributed by atoms with Crippen LogP contribution in [-0.2, 0) is 0 Å². The van der Waals surface area contributed by atoms with Gasteiger partial charge in [0.1, 0.15) is 5.75 Å². The van der Waals surface area contributed by atoms with Gasteiger partial charge < -0.3 is 15.8 Å². The number of nitrogens with zero attached hydrogens (tertiary/aromatic N) is 1. The molecule has 1 atom stereocenters. The summed E-state index contributed by atoms with van der Waals surface area (Å²) in [6.45, 7) is 0.315. The minimum absolute atomic E-state index is 0. The van der Waals surface area contributed by atoms with Gasteiger partial charge in [0.25, 0.3) is 5.91 Å². The number of thiazole rings is 1. The second-order valence-electron chi connectivity index (χ2n) is 5.05. The third-order valence-corrected chi connectivity index (χ3v) is 4.54. The molecule has 24 heavy (non-hydrogen) atoms. The number of rotatable bonds is 5. The molecule has 0 aliphatic heterocycles. The van der Waals surface area contributed by atoms with E-state index in [9.17, 15) is 4.79 Å². The molecule has 1 amide bonds. The molecule has 0 spiro atoms. The van der Waals surface area contributed by atoms with Gasteiger partial charge in [0, 0.05) is 12.1 Å². The van der Waals surface area contributed by atoms with Crippen LogP contribution in [0.15, 0.2) is 48.5 Å². The Hall–Kier alpha value is -2.15. The molecule has 0 saturated heterocycles. The average Bonchev–Trinajstić information content (AvgIpc) is 3.03. The van der Waals surface area contributed by atoms with Crippen LogP contribution in [-0.4, -0.2) is 24.5 Å². The predicted octanol–water partition coefficient (Wildman–Crippen LogP) is 3.16. The first kappa shape index (κ1) is 18.2. The van der Waals surface area contributed by atoms with Gasteiger partial charge in [0.2, 0.25) is 0 Å². The zero-order valence-electron chi connectivity index (χ0n) is 13.1. The van der Waals surface area contributed by atoms with Gasteiger partial charge >= 0.3 is 0 Å². The SMILES string of the molecule is COc1ccccc1C(N)CNC(=O)c1nc2ccccc2s1.Cl. The summed E-state index contributed by atoms with van der Waals surface area (Å²) < 4.78 is 6.29. The van der Waals surface area contributed by atoms with Gasteiger partial charge in [0.05, 0.1) is 23.4 Å². The molecular formula is C17H18ClN3O2S. The summed E-state index contributed by atoms with van der Waals surface area (Å²) in [7, 11) is 1.60. The van der Waals surface area contributed by atoms with Crippen molar-refractivity contribution in [1.29, 1.82) is 0 Å². The number of benzene rings is 2. The molecule has 2 aromatic carbocycles. The zero-order chi connectivity index (χ0) is 16.2. The van der Waals surface area contributed by atoms with E-state index in [1.807, 2.05) is 48.5 Å². The zero-order valence-corrected chi connectivity index (χ0v) is 14.7. The lowest BCUT2D eigenvalue weighted by atomic mass is 10.1. The number of nitrogens with two attached hydrogens (primary N) is 1. The fourth-order valence-corrected chi connectivity index (χ4v) is 3.21. The minimum Gasteiger partial charge on any atom is -0.496 e. The molecule has 0 bridgehead atoms. The highest BCUT2D eigenvalue weighted by Gasteiger charge is 2.15. The Balaban J connectivity index is 0.00000208. The van der Waals surface area contributed by atoms with E-state index in [1.54, 1.807) is 7.11 Å². The maximum absolute atomic E-state index is 12.3. The van der Waals surface area contributed by atoms with Gasteiger partial charge in [-0.25, -0.2) is 4.98 Å². The maximum atomic E-state index is 12.3. The van der Waals surface area contributed by atoms with E-state index >= 15 is 0 Å². The Kier molecular flexibility index (Phi) is 6.14. The molecule has 3 rings (SSSR count). The summed E-state index contributed by atoms with van der Waals surface area (Å²) >= 11 is 1.37. The van der Waals surface area contributed by atoms with Crippen molar-refractivity contribution in [3.8, 4) is 5.75 Å².